The van der Waals surface area contributed by atoms with Crippen molar-refractivity contribution in [2.75, 3.05) is 12.4 Å². The lowest BCUT2D eigenvalue weighted by molar-refractivity contribution is -0.114. The van der Waals surface area contributed by atoms with Crippen LogP contribution >= 0.6 is 0 Å². The minimum absolute atomic E-state index is 0.107. The maximum absolute atomic E-state index is 11.5. The molecule has 0 fully saturated rings. The maximum Gasteiger partial charge on any atom is 0.221 e. The van der Waals surface area contributed by atoms with Gasteiger partial charge in [0.25, 0.3) is 0 Å². The van der Waals surface area contributed by atoms with Crippen LogP contribution in [0, 0.1) is 18.3 Å². The number of anilines is 1. The van der Waals surface area contributed by atoms with Gasteiger partial charge in [-0.25, -0.2) is 0 Å². The maximum atomic E-state index is 11.5. The molecule has 1 heterocycles. The summed E-state index contributed by atoms with van der Waals surface area (Å²) in [6, 6.07) is 17.5. The Balaban J connectivity index is 0.00000113. The summed E-state index contributed by atoms with van der Waals surface area (Å²) in [4.78, 5) is 22.6. The van der Waals surface area contributed by atoms with E-state index in [4.69, 9.17) is 5.11 Å². The Morgan fingerprint density at radius 3 is 1.87 bits per heavy atom. The van der Waals surface area contributed by atoms with Crippen molar-refractivity contribution in [2.24, 2.45) is 7.05 Å². The average molecular weight is 420 g/mol. The van der Waals surface area contributed by atoms with Gasteiger partial charge in [0.1, 0.15) is 6.07 Å². The number of amides is 1. The Kier molecular flexibility index (Phi) is 9.90. The molecule has 0 aliphatic heterocycles. The number of aldehydes is 1. The van der Waals surface area contributed by atoms with Crippen molar-refractivity contribution in [1.29, 1.82) is 5.26 Å². The van der Waals surface area contributed by atoms with Gasteiger partial charge in [0.2, 0.25) is 5.91 Å². The van der Waals surface area contributed by atoms with Crippen molar-refractivity contribution in [3.05, 3.63) is 65.5 Å². The van der Waals surface area contributed by atoms with Crippen LogP contribution in [-0.2, 0) is 11.8 Å². The van der Waals surface area contributed by atoms with Gasteiger partial charge in [-0.2, -0.15) is 5.26 Å². The normalized spacial score (nSPS) is 9.35. The third-order valence-electron chi connectivity index (χ3n) is 4.67. The minimum Gasteiger partial charge on any atom is -0.400 e. The van der Waals surface area contributed by atoms with Crippen LogP contribution < -0.4 is 5.32 Å². The number of carbonyl (C=O) groups excluding carboxylic acids is 2. The molecule has 0 saturated carbocycles. The first-order valence-electron chi connectivity index (χ1n) is 9.94. The highest BCUT2D eigenvalue weighted by Crippen LogP contribution is 2.32. The number of benzene rings is 2. The van der Waals surface area contributed by atoms with Crippen LogP contribution in [0.4, 0.5) is 5.69 Å². The topological polar surface area (TPSA) is 95.1 Å². The molecule has 1 aromatic heterocycles. The van der Waals surface area contributed by atoms with Crippen molar-refractivity contribution in [3.63, 3.8) is 0 Å². The summed E-state index contributed by atoms with van der Waals surface area (Å²) in [6.07, 6.45) is 0.790. The molecule has 1 amide bonds. The lowest BCUT2D eigenvalue weighted by atomic mass is 9.97. The zero-order valence-corrected chi connectivity index (χ0v) is 18.9. The Morgan fingerprint density at radius 1 is 1.00 bits per heavy atom. The fourth-order valence-corrected chi connectivity index (χ4v) is 3.17. The molecular weight excluding hydrogens is 390 g/mol. The van der Waals surface area contributed by atoms with Gasteiger partial charge in [-0.05, 0) is 35.7 Å². The third kappa shape index (κ3) is 5.68. The number of rotatable bonds is 4. The molecule has 162 valence electrons. The van der Waals surface area contributed by atoms with Gasteiger partial charge in [-0.1, -0.05) is 50.2 Å². The van der Waals surface area contributed by atoms with Crippen LogP contribution in [0.1, 0.15) is 42.5 Å². The first-order valence-corrected chi connectivity index (χ1v) is 9.94. The third-order valence-corrected chi connectivity index (χ3v) is 4.67. The van der Waals surface area contributed by atoms with Gasteiger partial charge in [0.15, 0.2) is 6.29 Å². The highest BCUT2D eigenvalue weighted by Gasteiger charge is 2.19. The van der Waals surface area contributed by atoms with E-state index in [1.807, 2.05) is 69.3 Å². The summed E-state index contributed by atoms with van der Waals surface area (Å²) in [5, 5.41) is 19.2. The van der Waals surface area contributed by atoms with E-state index in [0.29, 0.717) is 16.8 Å². The Labute approximate surface area is 183 Å². The molecular formula is C25H29N3O3. The van der Waals surface area contributed by atoms with Gasteiger partial charge in [0, 0.05) is 38.0 Å². The Hall–Kier alpha value is -3.69. The van der Waals surface area contributed by atoms with Crippen molar-refractivity contribution in [2.45, 2.75) is 27.7 Å². The number of nitriles is 1. The Morgan fingerprint density at radius 2 is 1.45 bits per heavy atom. The molecule has 0 unspecified atom stereocenters. The number of hydrogen-bond acceptors (Lipinski definition) is 4. The molecule has 0 spiro atoms. The fourth-order valence-electron chi connectivity index (χ4n) is 3.17. The number of aliphatic hydroxyl groups excluding tert-OH is 1. The Bertz CT molecular complexity index is 1060. The van der Waals surface area contributed by atoms with Crippen molar-refractivity contribution in [1.82, 2.24) is 4.57 Å². The first kappa shape index (κ1) is 25.3. The number of carbonyl (C=O) groups is 2. The molecule has 3 rings (SSSR count). The van der Waals surface area contributed by atoms with Crippen LogP contribution in [0.15, 0.2) is 48.5 Å². The largest absolute Gasteiger partial charge is 0.400 e. The van der Waals surface area contributed by atoms with Gasteiger partial charge >= 0.3 is 0 Å². The van der Waals surface area contributed by atoms with E-state index in [0.717, 1.165) is 41.5 Å². The van der Waals surface area contributed by atoms with Crippen LogP contribution in [0.2, 0.25) is 0 Å². The quantitative estimate of drug-likeness (QED) is 0.585. The molecule has 0 aliphatic carbocycles. The van der Waals surface area contributed by atoms with Crippen molar-refractivity contribution in [3.8, 4) is 28.3 Å². The standard InChI is InChI=1S/C22H19N3O2.C2H6.CH4O/c1-14-20(12-23)22(21(13-26)25(14)3)18-6-4-16(5-7-18)17-8-10-19(11-9-17)24-15(2)27;2*1-2/h4-11,13H,1-3H3,(H,24,27);1-2H3;2H,1H3. The number of aromatic nitrogens is 1. The second kappa shape index (κ2) is 12.1. The average Bonchev–Trinajstić information content (AvgIpc) is 3.06. The van der Waals surface area contributed by atoms with E-state index in [9.17, 15) is 14.9 Å². The molecule has 0 saturated heterocycles. The summed E-state index contributed by atoms with van der Waals surface area (Å²) in [5.74, 6) is -0.107. The van der Waals surface area contributed by atoms with Gasteiger partial charge in [-0.3, -0.25) is 9.59 Å². The van der Waals surface area contributed by atoms with E-state index in [-0.39, 0.29) is 5.91 Å². The van der Waals surface area contributed by atoms with Crippen LogP contribution in [0.25, 0.3) is 22.3 Å². The van der Waals surface area contributed by atoms with E-state index >= 15 is 0 Å². The summed E-state index contributed by atoms with van der Waals surface area (Å²) < 4.78 is 1.75. The SMILES string of the molecule is CC.CC(=O)Nc1ccc(-c2ccc(-c3c(C#N)c(C)n(C)c3C=O)cc2)cc1.CO. The zero-order valence-electron chi connectivity index (χ0n) is 18.9. The molecule has 2 N–H and O–H groups in total. The number of aliphatic hydroxyl groups is 1. The summed E-state index contributed by atoms with van der Waals surface area (Å²) in [7, 11) is 2.79. The van der Waals surface area contributed by atoms with Crippen molar-refractivity contribution < 1.29 is 14.7 Å². The second-order valence-corrected chi connectivity index (χ2v) is 6.35. The number of nitrogens with one attached hydrogen (secondary N) is 1. The second-order valence-electron chi connectivity index (χ2n) is 6.35. The van der Waals surface area contributed by atoms with E-state index in [1.54, 1.807) is 11.6 Å². The minimum atomic E-state index is -0.107. The monoisotopic (exact) mass is 419 g/mol. The van der Waals surface area contributed by atoms with E-state index in [1.165, 1.54) is 6.92 Å². The lowest BCUT2D eigenvalue weighted by Crippen LogP contribution is -2.05. The summed E-state index contributed by atoms with van der Waals surface area (Å²) >= 11 is 0. The lowest BCUT2D eigenvalue weighted by Gasteiger charge is -2.07. The van der Waals surface area contributed by atoms with Gasteiger partial charge in [0.05, 0.1) is 11.3 Å². The predicted octanol–water partition coefficient (Wildman–Crippen LogP) is 4.94. The molecule has 0 atom stereocenters. The predicted molar refractivity (Wildman–Crippen MR) is 125 cm³/mol. The zero-order chi connectivity index (χ0) is 23.6. The first-order chi connectivity index (χ1) is 15.0. The van der Waals surface area contributed by atoms with Crippen LogP contribution in [0.5, 0.6) is 0 Å². The van der Waals surface area contributed by atoms with E-state index < -0.39 is 0 Å². The molecule has 0 aliphatic rings. The molecule has 0 bridgehead atoms. The summed E-state index contributed by atoms with van der Waals surface area (Å²) in [6.45, 7) is 7.31. The molecule has 6 nitrogen and oxygen atoms in total. The molecule has 2 aromatic carbocycles. The molecule has 6 heteroatoms. The van der Waals surface area contributed by atoms with Crippen LogP contribution in [0.3, 0.4) is 0 Å². The van der Waals surface area contributed by atoms with Crippen LogP contribution in [-0.4, -0.2) is 29.0 Å². The highest BCUT2D eigenvalue weighted by atomic mass is 16.2. The smallest absolute Gasteiger partial charge is 0.221 e. The van der Waals surface area contributed by atoms with Crippen molar-refractivity contribution >= 4 is 17.9 Å². The molecule has 0 radical (unpaired) electrons. The van der Waals surface area contributed by atoms with Gasteiger partial charge in [-0.15, -0.1) is 0 Å². The number of nitrogens with zero attached hydrogens (tertiary/aromatic N) is 2. The fraction of sp³-hybridized carbons (Fsp3) is 0.240. The van der Waals surface area contributed by atoms with E-state index in [2.05, 4.69) is 11.4 Å². The molecule has 3 aromatic rings. The number of hydrogen-bond donors (Lipinski definition) is 2. The van der Waals surface area contributed by atoms with Gasteiger partial charge < -0.3 is 15.0 Å². The summed E-state index contributed by atoms with van der Waals surface area (Å²) in [5.41, 5.74) is 6.05. The molecule has 31 heavy (non-hydrogen) atoms. The highest BCUT2D eigenvalue weighted by molar-refractivity contribution is 5.91.